The molecular formula is C38H35BrF2N8O3. The second-order valence-corrected chi connectivity index (χ2v) is 13.5. The number of aromatic amines is 1. The molecule has 0 saturated heterocycles. The molecule has 0 spiro atoms. The molecule has 266 valence electrons. The number of benzene rings is 4. The van der Waals surface area contributed by atoms with E-state index in [1.54, 1.807) is 58.2 Å². The van der Waals surface area contributed by atoms with Gasteiger partial charge in [0.15, 0.2) is 16.2 Å². The number of hydrogen-bond donors (Lipinski definition) is 1. The number of imidazole rings is 4. The van der Waals surface area contributed by atoms with Gasteiger partial charge >= 0.3 is 0 Å². The van der Waals surface area contributed by atoms with Crippen molar-refractivity contribution in [1.29, 1.82) is 0 Å². The van der Waals surface area contributed by atoms with E-state index in [1.807, 2.05) is 29.7 Å². The first-order valence-electron chi connectivity index (χ1n) is 16.8. The summed E-state index contributed by atoms with van der Waals surface area (Å²) in [6.07, 6.45) is 7.94. The van der Waals surface area contributed by atoms with E-state index < -0.39 is 0 Å². The minimum Gasteiger partial charge on any atom is -0.496 e. The number of aryl methyl sites for hydroxylation is 1. The average Bonchev–Trinajstić information content (AvgIpc) is 4.01. The van der Waals surface area contributed by atoms with E-state index in [1.165, 1.54) is 25.0 Å². The maximum atomic E-state index is 13.8. The van der Waals surface area contributed by atoms with E-state index in [-0.39, 0.29) is 11.6 Å². The second-order valence-electron chi connectivity index (χ2n) is 12.8. The fourth-order valence-electron chi connectivity index (χ4n) is 6.41. The number of methoxy groups -OCH3 is 3. The highest BCUT2D eigenvalue weighted by molar-refractivity contribution is 9.10. The van der Waals surface area contributed by atoms with Crippen LogP contribution in [0.15, 0.2) is 78.1 Å². The predicted molar refractivity (Wildman–Crippen MR) is 199 cm³/mol. The van der Waals surface area contributed by atoms with Crippen molar-refractivity contribution in [2.24, 2.45) is 0 Å². The van der Waals surface area contributed by atoms with Crippen LogP contribution in [0.4, 0.5) is 8.78 Å². The number of ether oxygens (including phenoxy) is 3. The normalized spacial score (nSPS) is 14.0. The van der Waals surface area contributed by atoms with Crippen LogP contribution in [-0.4, -0.2) is 60.0 Å². The van der Waals surface area contributed by atoms with Crippen LogP contribution in [-0.2, 0) is 0 Å². The number of fused-ring (bicyclic) bond motifs is 4. The summed E-state index contributed by atoms with van der Waals surface area (Å²) in [6.45, 7) is 2.01. The third kappa shape index (κ3) is 6.31. The second kappa shape index (κ2) is 13.6. The van der Waals surface area contributed by atoms with Gasteiger partial charge in [-0.1, -0.05) is 0 Å². The first-order valence-corrected chi connectivity index (χ1v) is 17.6. The molecule has 2 aliphatic rings. The van der Waals surface area contributed by atoms with Crippen LogP contribution < -0.4 is 14.2 Å². The summed E-state index contributed by atoms with van der Waals surface area (Å²) in [6, 6.07) is 18.0. The van der Waals surface area contributed by atoms with Crippen LogP contribution in [0.25, 0.3) is 50.1 Å². The molecule has 4 aromatic carbocycles. The van der Waals surface area contributed by atoms with Crippen molar-refractivity contribution in [2.45, 2.75) is 44.7 Å². The van der Waals surface area contributed by atoms with E-state index >= 15 is 0 Å². The molecule has 52 heavy (non-hydrogen) atoms. The first kappa shape index (κ1) is 33.6. The van der Waals surface area contributed by atoms with Gasteiger partial charge in [-0.3, -0.25) is 4.57 Å². The Hall–Kier alpha value is -5.50. The van der Waals surface area contributed by atoms with E-state index in [9.17, 15) is 8.78 Å². The number of hydrogen-bond acceptors (Lipinski definition) is 7. The van der Waals surface area contributed by atoms with E-state index in [0.29, 0.717) is 23.6 Å². The van der Waals surface area contributed by atoms with Gasteiger partial charge in [-0.05, 0) is 96.6 Å². The Balaban J connectivity index is 0.000000122. The zero-order chi connectivity index (χ0) is 36.1. The zero-order valence-corrected chi connectivity index (χ0v) is 30.5. The molecule has 2 saturated carbocycles. The smallest absolute Gasteiger partial charge is 0.216 e. The molecule has 2 aliphatic carbocycles. The Labute approximate surface area is 305 Å². The number of rotatable bonds is 6. The molecule has 0 amide bonds. The number of halogens is 3. The van der Waals surface area contributed by atoms with E-state index in [0.717, 1.165) is 79.0 Å². The Morgan fingerprint density at radius 1 is 0.673 bits per heavy atom. The fourth-order valence-corrected chi connectivity index (χ4v) is 7.09. The molecule has 10 rings (SSSR count). The van der Waals surface area contributed by atoms with E-state index in [2.05, 4.69) is 51.1 Å². The van der Waals surface area contributed by atoms with Gasteiger partial charge in [0, 0.05) is 30.3 Å². The minimum atomic E-state index is -0.239. The highest BCUT2D eigenvalue weighted by atomic mass is 79.9. The number of nitrogens with one attached hydrogen (secondary N) is 1. The monoisotopic (exact) mass is 768 g/mol. The van der Waals surface area contributed by atoms with Crippen LogP contribution >= 0.6 is 15.9 Å². The highest BCUT2D eigenvalue weighted by Gasteiger charge is 2.30. The molecule has 14 heteroatoms. The van der Waals surface area contributed by atoms with Gasteiger partial charge in [-0.15, -0.1) is 0 Å². The van der Waals surface area contributed by atoms with Crippen molar-refractivity contribution in [3.05, 3.63) is 95.2 Å². The van der Waals surface area contributed by atoms with Crippen molar-refractivity contribution in [3.8, 4) is 23.2 Å². The Kier molecular flexibility index (Phi) is 8.77. The lowest BCUT2D eigenvalue weighted by Crippen LogP contribution is -2.05. The minimum absolute atomic E-state index is 0.202. The van der Waals surface area contributed by atoms with Gasteiger partial charge < -0.3 is 28.3 Å². The average molecular weight is 770 g/mol. The molecule has 0 atom stereocenters. The zero-order valence-electron chi connectivity index (χ0n) is 28.9. The lowest BCUT2D eigenvalue weighted by molar-refractivity contribution is 0.356. The molecule has 11 nitrogen and oxygen atoms in total. The molecule has 4 heterocycles. The van der Waals surface area contributed by atoms with Crippen LogP contribution in [0.1, 0.15) is 43.3 Å². The number of H-pyrrole nitrogens is 1. The Bertz CT molecular complexity index is 2550. The summed E-state index contributed by atoms with van der Waals surface area (Å²) < 4.78 is 49.5. The van der Waals surface area contributed by atoms with Crippen LogP contribution in [0.3, 0.4) is 0 Å². The summed E-state index contributed by atoms with van der Waals surface area (Å²) in [5.41, 5.74) is 8.05. The SMILES string of the molecule is COc1cc2nc[nH]c2cc1OC.COc1cc2ncn(-c3nc4ccc(F)cc4n3C3CC3)c2cc1C.Fc1ccc2nc(Br)n(C3CC3)c2c1. The fraction of sp³-hybridized carbons (Fsp3) is 0.263. The highest BCUT2D eigenvalue weighted by Crippen LogP contribution is 2.41. The first-order chi connectivity index (χ1) is 25.3. The maximum absolute atomic E-state index is 13.8. The van der Waals surface area contributed by atoms with Crippen molar-refractivity contribution < 1.29 is 23.0 Å². The summed E-state index contributed by atoms with van der Waals surface area (Å²) in [4.78, 5) is 20.7. The summed E-state index contributed by atoms with van der Waals surface area (Å²) in [7, 11) is 4.88. The number of nitrogens with zero attached hydrogens (tertiary/aromatic N) is 7. The Morgan fingerprint density at radius 2 is 1.27 bits per heavy atom. The van der Waals surface area contributed by atoms with Crippen molar-refractivity contribution in [1.82, 2.24) is 38.6 Å². The third-order valence-corrected chi connectivity index (χ3v) is 9.83. The summed E-state index contributed by atoms with van der Waals surface area (Å²) in [5, 5.41) is 0. The standard InChI is InChI=1S/C19H17FN4O.C10H8BrFN2.C9H10N2O2/c1-11-7-16-15(9-18(11)25-2)21-10-23(16)19-22-14-6-3-12(20)8-17(14)24(19)13-4-5-13;11-10-13-8-4-1-6(12)5-9(8)14(10)7-2-3-7;1-12-8-3-6-7(11-5-10-6)4-9(8)13-2/h3,6-10,13H,4-5H2,1-2H3;1,4-5,7H,2-3H2;3-5H,1-2H3,(H,10,11). The van der Waals surface area contributed by atoms with Gasteiger partial charge in [0.25, 0.3) is 0 Å². The lowest BCUT2D eigenvalue weighted by Gasteiger charge is -2.10. The van der Waals surface area contributed by atoms with Crippen LogP contribution in [0.5, 0.6) is 17.2 Å². The van der Waals surface area contributed by atoms with Gasteiger partial charge in [-0.25, -0.2) is 28.7 Å². The van der Waals surface area contributed by atoms with Crippen LogP contribution in [0, 0.1) is 18.6 Å². The molecule has 0 bridgehead atoms. The number of aromatic nitrogens is 8. The van der Waals surface area contributed by atoms with Crippen molar-refractivity contribution in [3.63, 3.8) is 0 Å². The molecule has 0 radical (unpaired) electrons. The van der Waals surface area contributed by atoms with Gasteiger partial charge in [0.1, 0.15) is 23.7 Å². The van der Waals surface area contributed by atoms with Gasteiger partial charge in [0.05, 0.1) is 71.8 Å². The molecule has 8 aromatic rings. The largest absolute Gasteiger partial charge is 0.496 e. The molecule has 2 fully saturated rings. The molecular weight excluding hydrogens is 734 g/mol. The third-order valence-electron chi connectivity index (χ3n) is 9.27. The van der Waals surface area contributed by atoms with Gasteiger partial charge in [0.2, 0.25) is 5.95 Å². The summed E-state index contributed by atoms with van der Waals surface area (Å²) >= 11 is 3.40. The molecule has 1 N–H and O–H groups in total. The lowest BCUT2D eigenvalue weighted by atomic mass is 10.2. The molecule has 0 unspecified atom stereocenters. The van der Waals surface area contributed by atoms with E-state index in [4.69, 9.17) is 19.2 Å². The quantitative estimate of drug-likeness (QED) is 0.180. The predicted octanol–water partition coefficient (Wildman–Crippen LogP) is 9.02. The topological polar surface area (TPSA) is 110 Å². The van der Waals surface area contributed by atoms with Crippen molar-refractivity contribution >= 4 is 60.1 Å². The molecule has 4 aromatic heterocycles. The molecule has 0 aliphatic heterocycles. The summed E-state index contributed by atoms with van der Waals surface area (Å²) in [5.74, 6) is 2.57. The maximum Gasteiger partial charge on any atom is 0.216 e. The van der Waals surface area contributed by atoms with Gasteiger partial charge in [-0.2, -0.15) is 0 Å². The van der Waals surface area contributed by atoms with Crippen molar-refractivity contribution in [2.75, 3.05) is 21.3 Å². The Morgan fingerprint density at radius 3 is 1.92 bits per heavy atom. The van der Waals surface area contributed by atoms with Crippen LogP contribution in [0.2, 0.25) is 0 Å².